The molecule has 1 aromatic carbocycles. The van der Waals surface area contributed by atoms with E-state index in [2.05, 4.69) is 4.99 Å². The predicted molar refractivity (Wildman–Crippen MR) is 75.6 cm³/mol. The Labute approximate surface area is 123 Å². The highest BCUT2D eigenvalue weighted by Gasteiger charge is 2.68. The minimum Gasteiger partial charge on any atom is -0.399 e. The largest absolute Gasteiger partial charge is 0.399 e. The van der Waals surface area contributed by atoms with Crippen LogP contribution in [0.3, 0.4) is 0 Å². The van der Waals surface area contributed by atoms with E-state index in [9.17, 15) is 18.3 Å². The van der Waals surface area contributed by atoms with Crippen molar-refractivity contribution < 1.29 is 18.3 Å². The lowest BCUT2D eigenvalue weighted by Gasteiger charge is -2.34. The number of nitrogen functional groups attached to an aromatic ring is 1. The van der Waals surface area contributed by atoms with E-state index in [1.807, 2.05) is 0 Å². The van der Waals surface area contributed by atoms with Gasteiger partial charge in [0.25, 0.3) is 0 Å². The van der Waals surface area contributed by atoms with E-state index in [1.165, 1.54) is 6.07 Å². The third-order valence-electron chi connectivity index (χ3n) is 4.21. The number of aliphatic hydroxyl groups excluding tert-OH is 1. The van der Waals surface area contributed by atoms with Gasteiger partial charge in [0.15, 0.2) is 16.8 Å². The molecule has 4 nitrogen and oxygen atoms in total. The summed E-state index contributed by atoms with van der Waals surface area (Å²) in [6.07, 6.45) is 0.429. The lowest BCUT2D eigenvalue weighted by Crippen LogP contribution is -2.41. The lowest BCUT2D eigenvalue weighted by atomic mass is 9.84. The van der Waals surface area contributed by atoms with Gasteiger partial charge in [-0.25, -0.2) is 18.2 Å². The maximum Gasteiger partial charge on any atom is 0.164 e. The average Bonchev–Trinajstić information content (AvgIpc) is 3.17. The fourth-order valence-corrected chi connectivity index (χ4v) is 4.36. The van der Waals surface area contributed by atoms with Crippen LogP contribution in [0.2, 0.25) is 0 Å². The Bertz CT molecular complexity index is 641. The number of nitrogens with zero attached hydrogens (tertiary/aromatic N) is 1. The van der Waals surface area contributed by atoms with Crippen LogP contribution in [-0.2, 0) is 5.54 Å². The number of amidine groups is 1. The first-order valence-corrected chi connectivity index (χ1v) is 7.16. The molecule has 0 spiro atoms. The van der Waals surface area contributed by atoms with Crippen molar-refractivity contribution in [3.05, 3.63) is 29.3 Å². The van der Waals surface area contributed by atoms with E-state index in [1.54, 1.807) is 0 Å². The van der Waals surface area contributed by atoms with Crippen molar-refractivity contribution in [1.29, 1.82) is 0 Å². The van der Waals surface area contributed by atoms with E-state index < -0.39 is 34.5 Å². The van der Waals surface area contributed by atoms with E-state index in [0.717, 1.165) is 17.8 Å². The van der Waals surface area contributed by atoms with Gasteiger partial charge in [-0.2, -0.15) is 0 Å². The highest BCUT2D eigenvalue weighted by Crippen LogP contribution is 2.65. The second-order valence-corrected chi connectivity index (χ2v) is 6.89. The Morgan fingerprint density at radius 2 is 2.10 bits per heavy atom. The van der Waals surface area contributed by atoms with Crippen molar-refractivity contribution in [2.75, 3.05) is 19.0 Å². The zero-order chi connectivity index (χ0) is 15.4. The van der Waals surface area contributed by atoms with Gasteiger partial charge in [-0.1, -0.05) is 11.8 Å². The lowest BCUT2D eigenvalue weighted by molar-refractivity contribution is 0.230. The van der Waals surface area contributed by atoms with Gasteiger partial charge in [-0.05, 0) is 18.6 Å². The molecule has 1 unspecified atom stereocenters. The second kappa shape index (κ2) is 4.54. The Balaban J connectivity index is 2.20. The molecule has 1 aliphatic heterocycles. The summed E-state index contributed by atoms with van der Waals surface area (Å²) in [7, 11) is 0. The molecule has 3 rings (SSSR count). The van der Waals surface area contributed by atoms with Crippen molar-refractivity contribution in [2.24, 2.45) is 16.6 Å². The highest BCUT2D eigenvalue weighted by molar-refractivity contribution is 8.15. The number of alkyl halides is 1. The number of thioether (sulfide) groups is 1. The number of hydrogen-bond acceptors (Lipinski definition) is 5. The number of fused-ring (bicyclic) bond motifs is 1. The van der Waals surface area contributed by atoms with E-state index >= 15 is 0 Å². The fourth-order valence-electron chi connectivity index (χ4n) is 3.08. The molecule has 1 heterocycles. The van der Waals surface area contributed by atoms with Crippen molar-refractivity contribution in [2.45, 2.75) is 16.7 Å². The van der Waals surface area contributed by atoms with E-state index in [-0.39, 0.29) is 23.0 Å². The van der Waals surface area contributed by atoms with Gasteiger partial charge in [0, 0.05) is 17.2 Å². The van der Waals surface area contributed by atoms with Gasteiger partial charge < -0.3 is 16.6 Å². The number of aliphatic hydroxyl groups is 1. The molecule has 21 heavy (non-hydrogen) atoms. The minimum atomic E-state index is -1.63. The second-order valence-electron chi connectivity index (χ2n) is 5.45. The number of halogens is 3. The Kier molecular flexibility index (Phi) is 3.14. The van der Waals surface area contributed by atoms with Crippen molar-refractivity contribution in [3.8, 4) is 0 Å². The van der Waals surface area contributed by atoms with Gasteiger partial charge in [0.05, 0.1) is 11.4 Å². The van der Waals surface area contributed by atoms with Crippen molar-refractivity contribution >= 4 is 22.6 Å². The van der Waals surface area contributed by atoms with Crippen LogP contribution in [0.1, 0.15) is 12.0 Å². The van der Waals surface area contributed by atoms with Crippen molar-refractivity contribution in [1.82, 2.24) is 0 Å². The first-order chi connectivity index (χ1) is 9.88. The molecule has 0 saturated heterocycles. The van der Waals surface area contributed by atoms with Crippen LogP contribution < -0.4 is 11.5 Å². The van der Waals surface area contributed by atoms with Gasteiger partial charge in [-0.15, -0.1) is 0 Å². The van der Waals surface area contributed by atoms with Gasteiger partial charge in [0.2, 0.25) is 0 Å². The zero-order valence-corrected chi connectivity index (χ0v) is 11.8. The summed E-state index contributed by atoms with van der Waals surface area (Å²) in [5.41, 5.74) is 9.37. The highest BCUT2D eigenvalue weighted by atomic mass is 32.2. The number of rotatable bonds is 3. The molecule has 0 aromatic heterocycles. The quantitative estimate of drug-likeness (QED) is 0.738. The number of benzene rings is 1. The van der Waals surface area contributed by atoms with Gasteiger partial charge >= 0.3 is 0 Å². The molecule has 1 fully saturated rings. The molecule has 0 radical (unpaired) electrons. The number of hydrogen-bond donors (Lipinski definition) is 3. The monoisotopic (exact) mass is 317 g/mol. The van der Waals surface area contributed by atoms with Crippen molar-refractivity contribution in [3.63, 3.8) is 0 Å². The maximum atomic E-state index is 14.2. The van der Waals surface area contributed by atoms with Crippen LogP contribution in [0.15, 0.2) is 17.1 Å². The van der Waals surface area contributed by atoms with Crippen LogP contribution in [0.5, 0.6) is 0 Å². The standard InChI is InChI=1S/C13H14F3N3OS/c14-4-13(7-1-6(17)2-8(15)10(7)16)9-3-12(9,5-20)21-11(18)19-13/h1-2,9,20H,3-5,17H2,(H2,18,19)/t9?,12-,13-/m1/s1. The minimum absolute atomic E-state index is 0.0148. The third kappa shape index (κ3) is 1.92. The molecule has 5 N–H and O–H groups in total. The van der Waals surface area contributed by atoms with Gasteiger partial charge in [0.1, 0.15) is 12.2 Å². The zero-order valence-electron chi connectivity index (χ0n) is 10.9. The van der Waals surface area contributed by atoms with Crippen LogP contribution in [-0.4, -0.2) is 28.3 Å². The number of anilines is 1. The molecule has 3 atom stereocenters. The normalized spacial score (nSPS) is 34.3. The first kappa shape index (κ1) is 14.5. The Morgan fingerprint density at radius 1 is 1.38 bits per heavy atom. The smallest absolute Gasteiger partial charge is 0.164 e. The van der Waals surface area contributed by atoms with Crippen LogP contribution in [0.4, 0.5) is 18.9 Å². The Morgan fingerprint density at radius 3 is 2.71 bits per heavy atom. The molecule has 1 aliphatic carbocycles. The molecule has 0 bridgehead atoms. The summed E-state index contributed by atoms with van der Waals surface area (Å²) in [5, 5.41) is 9.57. The maximum absolute atomic E-state index is 14.2. The topological polar surface area (TPSA) is 84.6 Å². The molecule has 114 valence electrons. The summed E-state index contributed by atoms with van der Waals surface area (Å²) >= 11 is 1.15. The summed E-state index contributed by atoms with van der Waals surface area (Å²) in [5.74, 6) is -2.78. The fraction of sp³-hybridized carbons (Fsp3) is 0.462. The molecule has 1 aromatic rings. The molecule has 0 amide bonds. The van der Waals surface area contributed by atoms with E-state index in [0.29, 0.717) is 6.42 Å². The summed E-state index contributed by atoms with van der Waals surface area (Å²) in [6.45, 7) is -1.27. The van der Waals surface area contributed by atoms with Gasteiger partial charge in [-0.3, -0.25) is 0 Å². The Hall–Kier alpha value is -1.41. The SMILES string of the molecule is NC1=N[C@](CF)(c2cc(N)cc(F)c2F)C2C[C@]2(CO)S1. The average molecular weight is 317 g/mol. The molecular weight excluding hydrogens is 303 g/mol. The molecule has 2 aliphatic rings. The van der Waals surface area contributed by atoms with E-state index in [4.69, 9.17) is 11.5 Å². The molecular formula is C13H14F3N3OS. The summed E-state index contributed by atoms with van der Waals surface area (Å²) in [6, 6.07) is 2.02. The first-order valence-electron chi connectivity index (χ1n) is 6.35. The summed E-state index contributed by atoms with van der Waals surface area (Å²) < 4.78 is 40.9. The van der Waals surface area contributed by atoms with Crippen LogP contribution >= 0.6 is 11.8 Å². The van der Waals surface area contributed by atoms with Crippen LogP contribution in [0, 0.1) is 17.6 Å². The summed E-state index contributed by atoms with van der Waals surface area (Å²) in [4.78, 5) is 4.07. The predicted octanol–water partition coefficient (Wildman–Crippen LogP) is 1.52. The third-order valence-corrected chi connectivity index (χ3v) is 5.49. The molecule has 8 heteroatoms. The van der Waals surface area contributed by atoms with Crippen LogP contribution in [0.25, 0.3) is 0 Å². The number of nitrogens with two attached hydrogens (primary N) is 2. The number of aliphatic imine (C=N–C) groups is 1. The molecule has 1 saturated carbocycles.